The second-order valence-corrected chi connectivity index (χ2v) is 13.8. The summed E-state index contributed by atoms with van der Waals surface area (Å²) in [5.41, 5.74) is -2.22. The zero-order chi connectivity index (χ0) is 40.4. The molecule has 0 rings (SSSR count). The fraction of sp³-hybridized carbons (Fsp3) is 0.921. The Balaban J connectivity index is -0.000000338. The van der Waals surface area contributed by atoms with Crippen LogP contribution in [-0.2, 0) is 14.4 Å². The fourth-order valence-corrected chi connectivity index (χ4v) is 4.51. The Morgan fingerprint density at radius 3 is 0.596 bits per heavy atom. The van der Waals surface area contributed by atoms with E-state index in [1.807, 2.05) is 0 Å². The molecular formula is C38H78O14. The van der Waals surface area contributed by atoms with Crippen molar-refractivity contribution in [3.63, 3.8) is 0 Å². The first-order chi connectivity index (χ1) is 24.9. The minimum absolute atomic E-state index is 0.0628. The van der Waals surface area contributed by atoms with Crippen molar-refractivity contribution in [3.8, 4) is 0 Å². The molecule has 0 spiro atoms. The van der Waals surface area contributed by atoms with Gasteiger partial charge in [0.05, 0.1) is 63.7 Å². The molecule has 314 valence electrons. The molecule has 0 radical (unpaired) electrons. The van der Waals surface area contributed by atoms with Crippen LogP contribution >= 0.6 is 0 Å². The average molecular weight is 759 g/mol. The van der Waals surface area contributed by atoms with E-state index >= 15 is 0 Å². The van der Waals surface area contributed by atoms with Gasteiger partial charge in [-0.25, -0.2) is 0 Å². The number of rotatable bonds is 33. The Labute approximate surface area is 312 Å². The van der Waals surface area contributed by atoms with Gasteiger partial charge in [0, 0.05) is 19.3 Å². The van der Waals surface area contributed by atoms with Crippen LogP contribution in [0.25, 0.3) is 0 Å². The Morgan fingerprint density at radius 1 is 0.308 bits per heavy atom. The fourth-order valence-electron chi connectivity index (χ4n) is 4.51. The van der Waals surface area contributed by atoms with E-state index in [1.54, 1.807) is 0 Å². The van der Waals surface area contributed by atoms with Crippen molar-refractivity contribution in [2.45, 2.75) is 161 Å². The van der Waals surface area contributed by atoms with E-state index in [0.717, 1.165) is 12.8 Å². The Hall–Kier alpha value is -1.91. The lowest BCUT2D eigenvalue weighted by molar-refractivity contribution is -0.139. The number of carboxylic acids is 3. The molecule has 0 aliphatic heterocycles. The first-order valence-electron chi connectivity index (χ1n) is 19.4. The Bertz CT molecular complexity index is 687. The largest absolute Gasteiger partial charge is 0.481 e. The van der Waals surface area contributed by atoms with Gasteiger partial charge in [-0.1, -0.05) is 122 Å². The number of carbonyl (C=O) groups is 3. The summed E-state index contributed by atoms with van der Waals surface area (Å²) in [6.45, 7) is -0.967. The number of aliphatic hydroxyl groups is 8. The monoisotopic (exact) mass is 759 g/mol. The van der Waals surface area contributed by atoms with Gasteiger partial charge < -0.3 is 56.2 Å². The second-order valence-electron chi connectivity index (χ2n) is 13.8. The summed E-state index contributed by atoms with van der Waals surface area (Å²) in [6, 6.07) is 0. The summed E-state index contributed by atoms with van der Waals surface area (Å²) in [7, 11) is 0. The number of unbranched alkanes of at least 4 members (excludes halogenated alkanes) is 19. The normalized spacial score (nSPS) is 11.0. The lowest BCUT2D eigenvalue weighted by Gasteiger charge is -2.23. The molecular weight excluding hydrogens is 680 g/mol. The van der Waals surface area contributed by atoms with Crippen LogP contribution in [0.4, 0.5) is 0 Å². The standard InChI is InChI=1S/C22H44O2.C6H10O4.2C5H12O4/c1-2-3-4-5-6-7-8-9-10-11-12-13-14-15-16-17-18-19-20-21-22(23)24;7-5(8)3-1-2-4-6(9)10;2*6-1-5(2-7,3-8)4-9/h2-21H2,1H3,(H,23,24);1-4H2,(H,7,8)(H,9,10);2*6-9H,1-4H2. The molecule has 0 heterocycles. The van der Waals surface area contributed by atoms with Crippen molar-refractivity contribution in [1.82, 2.24) is 0 Å². The van der Waals surface area contributed by atoms with Crippen molar-refractivity contribution in [2.24, 2.45) is 10.8 Å². The summed E-state index contributed by atoms with van der Waals surface area (Å²) in [4.78, 5) is 30.2. The number of carboxylic acid groups (broad SMARTS) is 3. The van der Waals surface area contributed by atoms with Gasteiger partial charge in [-0.15, -0.1) is 0 Å². The molecule has 0 amide bonds. The molecule has 0 saturated carbocycles. The molecule has 0 aliphatic rings. The van der Waals surface area contributed by atoms with Gasteiger partial charge >= 0.3 is 17.9 Å². The lowest BCUT2D eigenvalue weighted by Crippen LogP contribution is -2.37. The molecule has 0 fully saturated rings. The smallest absolute Gasteiger partial charge is 0.303 e. The van der Waals surface area contributed by atoms with Crippen LogP contribution in [0, 0.1) is 10.8 Å². The van der Waals surface area contributed by atoms with Crippen LogP contribution in [0.2, 0.25) is 0 Å². The maximum Gasteiger partial charge on any atom is 0.303 e. The third-order valence-electron chi connectivity index (χ3n) is 8.71. The molecule has 14 nitrogen and oxygen atoms in total. The topological polar surface area (TPSA) is 274 Å². The summed E-state index contributed by atoms with van der Waals surface area (Å²) < 4.78 is 0. The number of aliphatic carboxylic acids is 3. The predicted octanol–water partition coefficient (Wildman–Crippen LogP) is 4.49. The molecule has 0 aromatic carbocycles. The molecule has 0 bridgehead atoms. The molecule has 0 aromatic heterocycles. The zero-order valence-corrected chi connectivity index (χ0v) is 32.3. The second kappa shape index (κ2) is 43.5. The molecule has 0 saturated heterocycles. The van der Waals surface area contributed by atoms with E-state index < -0.39 is 81.6 Å². The summed E-state index contributed by atoms with van der Waals surface area (Å²) in [5, 5.41) is 92.8. The minimum atomic E-state index is -1.11. The van der Waals surface area contributed by atoms with Gasteiger partial charge in [0.15, 0.2) is 0 Å². The van der Waals surface area contributed by atoms with Crippen LogP contribution < -0.4 is 0 Å². The van der Waals surface area contributed by atoms with Gasteiger partial charge in [-0.3, -0.25) is 14.4 Å². The van der Waals surface area contributed by atoms with Crippen molar-refractivity contribution in [2.75, 3.05) is 52.9 Å². The van der Waals surface area contributed by atoms with Crippen LogP contribution in [0.1, 0.15) is 161 Å². The van der Waals surface area contributed by atoms with E-state index in [9.17, 15) is 14.4 Å². The molecule has 0 unspecified atom stereocenters. The average Bonchev–Trinajstić information content (AvgIpc) is 3.14. The molecule has 14 heteroatoms. The maximum atomic E-state index is 10.4. The van der Waals surface area contributed by atoms with Crippen molar-refractivity contribution < 1.29 is 70.6 Å². The van der Waals surface area contributed by atoms with Gasteiger partial charge in [-0.05, 0) is 19.3 Å². The summed E-state index contributed by atoms with van der Waals surface area (Å²) >= 11 is 0. The van der Waals surface area contributed by atoms with Crippen molar-refractivity contribution >= 4 is 17.9 Å². The van der Waals surface area contributed by atoms with Crippen molar-refractivity contribution in [3.05, 3.63) is 0 Å². The van der Waals surface area contributed by atoms with Gasteiger partial charge in [0.2, 0.25) is 0 Å². The van der Waals surface area contributed by atoms with E-state index in [1.165, 1.54) is 109 Å². The van der Waals surface area contributed by atoms with Crippen molar-refractivity contribution in [1.29, 1.82) is 0 Å². The van der Waals surface area contributed by atoms with E-state index in [2.05, 4.69) is 6.92 Å². The van der Waals surface area contributed by atoms with Gasteiger partial charge in [0.25, 0.3) is 0 Å². The highest BCUT2D eigenvalue weighted by Crippen LogP contribution is 2.15. The van der Waals surface area contributed by atoms with E-state index in [-0.39, 0.29) is 12.8 Å². The summed E-state index contributed by atoms with van der Waals surface area (Å²) in [5.74, 6) is -2.39. The lowest BCUT2D eigenvalue weighted by atomic mass is 9.93. The molecule has 52 heavy (non-hydrogen) atoms. The quantitative estimate of drug-likeness (QED) is 0.0412. The number of aliphatic hydroxyl groups excluding tert-OH is 8. The summed E-state index contributed by atoms with van der Waals surface area (Å²) in [6.07, 6.45) is 27.1. The highest BCUT2D eigenvalue weighted by atomic mass is 16.4. The number of hydrogen-bond acceptors (Lipinski definition) is 11. The molecule has 0 aliphatic carbocycles. The third kappa shape index (κ3) is 42.5. The SMILES string of the molecule is CCCCCCCCCCCCCCCCCCCCCC(=O)O.O=C(O)CCCCC(=O)O.OCC(CO)(CO)CO.OCC(CO)(CO)CO. The minimum Gasteiger partial charge on any atom is -0.481 e. The molecule has 11 N–H and O–H groups in total. The molecule has 0 atom stereocenters. The van der Waals surface area contributed by atoms with Crippen LogP contribution in [-0.4, -0.2) is 127 Å². The number of hydrogen-bond donors (Lipinski definition) is 11. The van der Waals surface area contributed by atoms with E-state index in [4.69, 9.17) is 56.2 Å². The van der Waals surface area contributed by atoms with Gasteiger partial charge in [0.1, 0.15) is 0 Å². The van der Waals surface area contributed by atoms with Gasteiger partial charge in [-0.2, -0.15) is 0 Å². The highest BCUT2D eigenvalue weighted by Gasteiger charge is 2.27. The molecule has 0 aromatic rings. The maximum absolute atomic E-state index is 10.4. The third-order valence-corrected chi connectivity index (χ3v) is 8.71. The highest BCUT2D eigenvalue weighted by molar-refractivity contribution is 5.68. The zero-order valence-electron chi connectivity index (χ0n) is 32.3. The predicted molar refractivity (Wildman–Crippen MR) is 201 cm³/mol. The van der Waals surface area contributed by atoms with Crippen LogP contribution in [0.15, 0.2) is 0 Å². The first kappa shape index (κ1) is 56.8. The van der Waals surface area contributed by atoms with Crippen LogP contribution in [0.5, 0.6) is 0 Å². The first-order valence-corrected chi connectivity index (χ1v) is 19.4. The van der Waals surface area contributed by atoms with E-state index in [0.29, 0.717) is 19.3 Å². The Morgan fingerprint density at radius 2 is 0.462 bits per heavy atom. The van der Waals surface area contributed by atoms with Crippen LogP contribution in [0.3, 0.4) is 0 Å². The Kier molecular flexibility index (Phi) is 47.5.